The summed E-state index contributed by atoms with van der Waals surface area (Å²) in [5.74, 6) is -1.67. The first-order chi connectivity index (χ1) is 4.88. The number of carbonyl (C=O) groups is 2. The van der Waals surface area contributed by atoms with Gasteiger partial charge in [-0.05, 0) is 0 Å². The van der Waals surface area contributed by atoms with Crippen LogP contribution < -0.4 is 0 Å². The second-order valence-electron chi connectivity index (χ2n) is 1.08. The first kappa shape index (κ1) is 17.2. The van der Waals surface area contributed by atoms with Crippen LogP contribution in [0.3, 0.4) is 0 Å². The van der Waals surface area contributed by atoms with Gasteiger partial charge in [0.1, 0.15) is 0 Å². The Morgan fingerprint density at radius 3 is 1.09 bits per heavy atom. The molecule has 0 radical (unpaired) electrons. The van der Waals surface area contributed by atoms with E-state index in [1.165, 1.54) is 0 Å². The number of carboxylic acid groups (broad SMARTS) is 2. The topological polar surface area (TPSA) is 74.6 Å². The molecule has 0 saturated heterocycles. The summed E-state index contributed by atoms with van der Waals surface area (Å²) >= 11 is 0.569. The zero-order valence-corrected chi connectivity index (χ0v) is 8.28. The Hall–Kier alpha value is 0.0135. The van der Waals surface area contributed by atoms with Gasteiger partial charge in [-0.3, -0.25) is 9.59 Å². The summed E-state index contributed by atoms with van der Waals surface area (Å²) in [5.41, 5.74) is 0. The third kappa shape index (κ3) is 3520000. The Morgan fingerprint density at radius 2 is 1.09 bits per heavy atom. The molecule has 0 fully saturated rings. The monoisotopic (exact) mass is 248 g/mol. The minimum atomic E-state index is -0.833. The Bertz CT molecular complexity index is 88.3. The molecule has 0 spiro atoms. The first-order valence-electron chi connectivity index (χ1n) is 2.09. The van der Waals surface area contributed by atoms with E-state index < -0.39 is 11.9 Å². The van der Waals surface area contributed by atoms with Gasteiger partial charge in [-0.2, -0.15) is 0 Å². The van der Waals surface area contributed by atoms with Crippen molar-refractivity contribution in [1.82, 2.24) is 0 Å². The molecule has 0 aliphatic carbocycles. The summed E-state index contributed by atoms with van der Waals surface area (Å²) in [6.07, 6.45) is 0. The van der Waals surface area contributed by atoms with Gasteiger partial charge in [-0.1, -0.05) is 0 Å². The maximum atomic E-state index is 9.00. The molecule has 11 heavy (non-hydrogen) atoms. The molecule has 2 N–H and O–H groups in total. The summed E-state index contributed by atoms with van der Waals surface area (Å²) < 4.78 is 0. The quantitative estimate of drug-likeness (QED) is 0.639. The Morgan fingerprint density at radius 1 is 1.09 bits per heavy atom. The van der Waals surface area contributed by atoms with Crippen molar-refractivity contribution in [3.05, 3.63) is 0 Å². The summed E-state index contributed by atoms with van der Waals surface area (Å²) in [6, 6.07) is 0. The Kier molecular flexibility index (Phi) is 25.9. The van der Waals surface area contributed by atoms with Crippen LogP contribution in [0.5, 0.6) is 0 Å². The van der Waals surface area contributed by atoms with E-state index in [-0.39, 0.29) is 0 Å². The van der Waals surface area contributed by atoms with Crippen LogP contribution >= 0.6 is 20.4 Å². The van der Waals surface area contributed by atoms with Crippen molar-refractivity contribution in [3.8, 4) is 0 Å². The predicted octanol–water partition coefficient (Wildman–Crippen LogP) is 1.56. The molecule has 0 aliphatic rings. The van der Waals surface area contributed by atoms with Crippen LogP contribution in [-0.2, 0) is 22.2 Å². The number of halogens is 2. The molecule has 0 atom stereocenters. The van der Waals surface area contributed by atoms with Gasteiger partial charge in [0.05, 0.1) is 0 Å². The average Bonchev–Trinajstić information content (AvgIpc) is 1.60. The summed E-state index contributed by atoms with van der Waals surface area (Å²) in [6.45, 7) is 2.17. The number of hydrogen-bond donors (Lipinski definition) is 2. The van der Waals surface area contributed by atoms with Crippen molar-refractivity contribution in [1.29, 1.82) is 0 Å². The molecule has 72 valence electrons. The molecule has 0 bridgehead atoms. The van der Waals surface area contributed by atoms with Gasteiger partial charge in [0.25, 0.3) is 11.9 Å². The van der Waals surface area contributed by atoms with Crippen LogP contribution in [0.25, 0.3) is 0 Å². The fraction of sp³-hybridized carbons (Fsp3) is 0.500. The van der Waals surface area contributed by atoms with Gasteiger partial charge >= 0.3 is 33.0 Å². The second-order valence-corrected chi connectivity index (χ2v) is 2.71. The molecular formula is C4H8Cl2NiO4. The first-order valence-corrected chi connectivity index (χ1v) is 4.81. The summed E-state index contributed by atoms with van der Waals surface area (Å²) in [4.78, 5) is 18.0. The zero-order chi connectivity index (χ0) is 9.86. The van der Waals surface area contributed by atoms with Gasteiger partial charge < -0.3 is 10.2 Å². The predicted molar refractivity (Wildman–Crippen MR) is 38.3 cm³/mol. The van der Waals surface area contributed by atoms with Gasteiger partial charge in [0, 0.05) is 13.8 Å². The van der Waals surface area contributed by atoms with Crippen molar-refractivity contribution in [3.63, 3.8) is 0 Å². The van der Waals surface area contributed by atoms with Crippen LogP contribution in [-0.4, -0.2) is 22.2 Å². The number of rotatable bonds is 0. The van der Waals surface area contributed by atoms with Crippen LogP contribution in [0, 0.1) is 0 Å². The van der Waals surface area contributed by atoms with E-state index >= 15 is 0 Å². The van der Waals surface area contributed by atoms with Gasteiger partial charge in [0.2, 0.25) is 0 Å². The van der Waals surface area contributed by atoms with E-state index in [1.54, 1.807) is 0 Å². The molecule has 0 saturated carbocycles. The van der Waals surface area contributed by atoms with E-state index in [0.29, 0.717) is 12.7 Å². The zero-order valence-electron chi connectivity index (χ0n) is 5.78. The maximum absolute atomic E-state index is 9.00. The van der Waals surface area contributed by atoms with Crippen LogP contribution in [0.15, 0.2) is 0 Å². The number of carboxylic acids is 2. The van der Waals surface area contributed by atoms with E-state index in [2.05, 4.69) is 0 Å². The minimum absolute atomic E-state index is 0.569. The van der Waals surface area contributed by atoms with E-state index in [9.17, 15) is 0 Å². The molecule has 0 aromatic heterocycles. The SMILES string of the molecule is CC(=O)O.CC(=O)O.[Cl][Ni][Cl]. The van der Waals surface area contributed by atoms with Crippen LogP contribution in [0.4, 0.5) is 0 Å². The molecule has 0 rings (SSSR count). The Balaban J connectivity index is -0.0000000886. The van der Waals surface area contributed by atoms with Crippen LogP contribution in [0.1, 0.15) is 13.8 Å². The molecule has 0 aliphatic heterocycles. The van der Waals surface area contributed by atoms with Crippen molar-refractivity contribution in [2.24, 2.45) is 0 Å². The Labute approximate surface area is 78.8 Å². The number of hydrogen-bond acceptors (Lipinski definition) is 2. The number of aliphatic carboxylic acids is 2. The third-order valence-electron chi connectivity index (χ3n) is 0. The summed E-state index contributed by atoms with van der Waals surface area (Å²) in [7, 11) is 9.40. The average molecular weight is 250 g/mol. The standard InChI is InChI=1S/2C2H4O2.2ClH.Ni/c2*1-2(3)4;;;/h2*1H3,(H,3,4);2*1H;/q;;;;+2/p-2. The fourth-order valence-electron chi connectivity index (χ4n) is 0. The molecular weight excluding hydrogens is 242 g/mol. The fourth-order valence-corrected chi connectivity index (χ4v) is 0. The van der Waals surface area contributed by atoms with Crippen molar-refractivity contribution >= 4 is 32.3 Å². The summed E-state index contributed by atoms with van der Waals surface area (Å²) in [5, 5.41) is 14.8. The third-order valence-corrected chi connectivity index (χ3v) is 0. The molecule has 0 amide bonds. The van der Waals surface area contributed by atoms with Crippen molar-refractivity contribution in [2.75, 3.05) is 0 Å². The molecule has 4 nitrogen and oxygen atoms in total. The van der Waals surface area contributed by atoms with E-state index in [0.717, 1.165) is 13.8 Å². The van der Waals surface area contributed by atoms with Gasteiger partial charge in [-0.15, -0.1) is 0 Å². The van der Waals surface area contributed by atoms with Gasteiger partial charge in [0.15, 0.2) is 0 Å². The molecule has 0 heterocycles. The van der Waals surface area contributed by atoms with Gasteiger partial charge in [-0.25, -0.2) is 0 Å². The van der Waals surface area contributed by atoms with E-state index in [4.69, 9.17) is 40.2 Å². The van der Waals surface area contributed by atoms with Crippen molar-refractivity contribution < 1.29 is 32.5 Å². The molecule has 0 aromatic rings. The second kappa shape index (κ2) is 16.5. The molecule has 0 unspecified atom stereocenters. The van der Waals surface area contributed by atoms with Crippen LogP contribution in [0.2, 0.25) is 0 Å². The molecule has 0 aromatic carbocycles. The van der Waals surface area contributed by atoms with E-state index in [1.807, 2.05) is 0 Å². The van der Waals surface area contributed by atoms with Crippen molar-refractivity contribution in [2.45, 2.75) is 13.8 Å². The molecule has 7 heteroatoms. The normalized spacial score (nSPS) is 6.55.